The Morgan fingerprint density at radius 2 is 2.08 bits per heavy atom. The number of hydrogen-bond acceptors (Lipinski definition) is 6. The Balaban J connectivity index is 2.08. The molecule has 6 nitrogen and oxygen atoms in total. The summed E-state index contributed by atoms with van der Waals surface area (Å²) in [6, 6.07) is 11.5. The Hall–Kier alpha value is -2.48. The molecule has 132 valence electrons. The Morgan fingerprint density at radius 3 is 2.81 bits per heavy atom. The Kier molecular flexibility index (Phi) is 5.51. The zero-order chi connectivity index (χ0) is 18.7. The van der Waals surface area contributed by atoms with Crippen LogP contribution in [0.2, 0.25) is 10.0 Å². The fourth-order valence-corrected chi connectivity index (χ4v) is 3.16. The van der Waals surface area contributed by atoms with Crippen LogP contribution in [-0.4, -0.2) is 26.9 Å². The van der Waals surface area contributed by atoms with Crippen LogP contribution in [0, 0.1) is 0 Å². The molecule has 1 heterocycles. The van der Waals surface area contributed by atoms with E-state index in [-0.39, 0.29) is 16.5 Å². The largest absolute Gasteiger partial charge is 0.508 e. The highest BCUT2D eigenvalue weighted by Crippen LogP contribution is 2.23. The predicted octanol–water partition coefficient (Wildman–Crippen LogP) is 4.08. The molecule has 26 heavy (non-hydrogen) atoms. The zero-order valence-corrected chi connectivity index (χ0v) is 15.8. The number of halogens is 2. The number of carbonyl (C=O) groups is 1. The van der Waals surface area contributed by atoms with Crippen LogP contribution < -0.4 is 4.80 Å². The second kappa shape index (κ2) is 7.82. The summed E-state index contributed by atoms with van der Waals surface area (Å²) in [5.74, 6) is -0.0632. The van der Waals surface area contributed by atoms with Crippen molar-refractivity contribution in [1.82, 2.24) is 9.78 Å². The van der Waals surface area contributed by atoms with Crippen molar-refractivity contribution in [3.63, 3.8) is 0 Å². The Bertz CT molecular complexity index is 1070. The molecular formula is C17H12Cl2N4O2S. The Labute approximate surface area is 162 Å². The third-order valence-corrected chi connectivity index (χ3v) is 4.77. The van der Waals surface area contributed by atoms with E-state index in [1.807, 2.05) is 0 Å². The monoisotopic (exact) mass is 406 g/mol. The van der Waals surface area contributed by atoms with Crippen LogP contribution in [0.1, 0.15) is 22.3 Å². The van der Waals surface area contributed by atoms with E-state index in [1.54, 1.807) is 42.5 Å². The molecule has 0 aliphatic carbocycles. The average Bonchev–Trinajstić information content (AvgIpc) is 3.01. The molecule has 0 fully saturated rings. The van der Waals surface area contributed by atoms with E-state index in [1.165, 1.54) is 17.8 Å². The molecule has 0 radical (unpaired) electrons. The highest BCUT2D eigenvalue weighted by Gasteiger charge is 2.13. The second-order valence-corrected chi connectivity index (χ2v) is 6.99. The van der Waals surface area contributed by atoms with Gasteiger partial charge < -0.3 is 5.11 Å². The Morgan fingerprint density at radius 1 is 1.27 bits per heavy atom. The van der Waals surface area contributed by atoms with Crippen LogP contribution in [0.5, 0.6) is 5.75 Å². The summed E-state index contributed by atoms with van der Waals surface area (Å²) in [4.78, 5) is 12.1. The maximum absolute atomic E-state index is 11.7. The van der Waals surface area contributed by atoms with Gasteiger partial charge in [-0.1, -0.05) is 46.7 Å². The van der Waals surface area contributed by atoms with E-state index in [0.717, 1.165) is 11.3 Å². The van der Waals surface area contributed by atoms with Crippen LogP contribution in [-0.2, 0) is 0 Å². The maximum atomic E-state index is 11.7. The van der Waals surface area contributed by atoms with Crippen LogP contribution in [0.15, 0.2) is 52.7 Å². The van der Waals surface area contributed by atoms with E-state index < -0.39 is 0 Å². The molecule has 1 N–H and O–H groups in total. The number of aromatic hydroxyl groups is 1. The van der Waals surface area contributed by atoms with Crippen molar-refractivity contribution < 1.29 is 9.90 Å². The summed E-state index contributed by atoms with van der Waals surface area (Å²) in [6.07, 6.45) is 1.48. The number of rotatable bonds is 4. The van der Waals surface area contributed by atoms with Crippen LogP contribution in [0.25, 0.3) is 5.69 Å². The quantitative estimate of drug-likeness (QED) is 0.402. The number of phenols is 1. The lowest BCUT2D eigenvalue weighted by molar-refractivity contribution is 0.101. The average molecular weight is 407 g/mol. The molecule has 0 spiro atoms. The minimum Gasteiger partial charge on any atom is -0.508 e. The van der Waals surface area contributed by atoms with Gasteiger partial charge in [-0.25, -0.2) is 4.68 Å². The van der Waals surface area contributed by atoms with Crippen molar-refractivity contribution in [3.05, 3.63) is 67.9 Å². The summed E-state index contributed by atoms with van der Waals surface area (Å²) >= 11 is 13.4. The number of benzene rings is 2. The smallest absolute Gasteiger partial charge is 0.233 e. The van der Waals surface area contributed by atoms with Gasteiger partial charge in [0, 0.05) is 11.9 Å². The number of ketones is 1. The second-order valence-electron chi connectivity index (χ2n) is 5.19. The number of aromatic nitrogens is 2. The summed E-state index contributed by atoms with van der Waals surface area (Å²) in [7, 11) is 0. The van der Waals surface area contributed by atoms with E-state index in [4.69, 9.17) is 23.2 Å². The normalized spacial score (nSPS) is 12.0. The van der Waals surface area contributed by atoms with Gasteiger partial charge in [-0.15, -0.1) is 5.10 Å². The van der Waals surface area contributed by atoms with Crippen molar-refractivity contribution >= 4 is 46.5 Å². The molecule has 1 aromatic heterocycles. The maximum Gasteiger partial charge on any atom is 0.233 e. The van der Waals surface area contributed by atoms with Gasteiger partial charge in [-0.3, -0.25) is 4.79 Å². The zero-order valence-electron chi connectivity index (χ0n) is 13.4. The molecular weight excluding hydrogens is 395 g/mol. The molecule has 0 saturated heterocycles. The van der Waals surface area contributed by atoms with Crippen molar-refractivity contribution in [2.24, 2.45) is 10.2 Å². The standard InChI is InChI=1S/C17H12Cl2N4O2S/c1-10(24)16-22-23(15-8-12(18)5-6-14(15)19)17(26-16)21-20-9-11-3-2-4-13(25)7-11/h2-9,25H,1H3. The van der Waals surface area contributed by atoms with Crippen molar-refractivity contribution in [1.29, 1.82) is 0 Å². The lowest BCUT2D eigenvalue weighted by atomic mass is 10.2. The van der Waals surface area contributed by atoms with Gasteiger partial charge in [0.25, 0.3) is 0 Å². The first-order valence-corrected chi connectivity index (χ1v) is 8.94. The fourth-order valence-electron chi connectivity index (χ4n) is 2.04. The van der Waals surface area contributed by atoms with Crippen molar-refractivity contribution in [2.75, 3.05) is 0 Å². The minimum absolute atomic E-state index is 0.131. The SMILES string of the molecule is CC(=O)c1nn(-c2cc(Cl)ccc2Cl)c(=NN=Cc2cccc(O)c2)s1. The molecule has 0 bridgehead atoms. The summed E-state index contributed by atoms with van der Waals surface area (Å²) in [5.41, 5.74) is 1.17. The molecule has 0 saturated carbocycles. The van der Waals surface area contributed by atoms with E-state index in [9.17, 15) is 9.90 Å². The third-order valence-electron chi connectivity index (χ3n) is 3.22. The van der Waals surface area contributed by atoms with Gasteiger partial charge in [0.1, 0.15) is 5.75 Å². The number of carbonyl (C=O) groups excluding carboxylic acids is 1. The third kappa shape index (κ3) is 4.19. The number of phenolic OH excluding ortho intramolecular Hbond substituents is 1. The molecule has 0 aliphatic heterocycles. The van der Waals surface area contributed by atoms with Crippen molar-refractivity contribution in [3.8, 4) is 11.4 Å². The summed E-state index contributed by atoms with van der Waals surface area (Å²) in [6.45, 7) is 1.42. The van der Waals surface area contributed by atoms with Gasteiger partial charge in [-0.2, -0.15) is 10.2 Å². The molecule has 0 aliphatic rings. The van der Waals surface area contributed by atoms with E-state index in [2.05, 4.69) is 15.3 Å². The summed E-state index contributed by atoms with van der Waals surface area (Å²) in [5, 5.41) is 23.0. The highest BCUT2D eigenvalue weighted by atomic mass is 35.5. The molecule has 0 atom stereocenters. The van der Waals surface area contributed by atoms with Crippen LogP contribution in [0.4, 0.5) is 0 Å². The fraction of sp³-hybridized carbons (Fsp3) is 0.0588. The lowest BCUT2D eigenvalue weighted by Crippen LogP contribution is -2.14. The molecule has 0 unspecified atom stereocenters. The highest BCUT2D eigenvalue weighted by molar-refractivity contribution is 7.11. The van der Waals surface area contributed by atoms with Crippen LogP contribution in [0.3, 0.4) is 0 Å². The molecule has 9 heteroatoms. The summed E-state index contributed by atoms with van der Waals surface area (Å²) < 4.78 is 1.43. The van der Waals surface area contributed by atoms with Gasteiger partial charge in [-0.05, 0) is 35.9 Å². The lowest BCUT2D eigenvalue weighted by Gasteiger charge is -2.04. The van der Waals surface area contributed by atoms with E-state index in [0.29, 0.717) is 26.1 Å². The van der Waals surface area contributed by atoms with Gasteiger partial charge in [0.2, 0.25) is 4.80 Å². The van der Waals surface area contributed by atoms with E-state index >= 15 is 0 Å². The number of nitrogens with zero attached hydrogens (tertiary/aromatic N) is 4. The first-order valence-electron chi connectivity index (χ1n) is 7.36. The predicted molar refractivity (Wildman–Crippen MR) is 103 cm³/mol. The van der Waals surface area contributed by atoms with Crippen molar-refractivity contribution in [2.45, 2.75) is 6.92 Å². The number of Topliss-reactive ketones (excluding diaryl/α,β-unsaturated/α-hetero) is 1. The van der Waals surface area contributed by atoms with Crippen LogP contribution >= 0.6 is 34.5 Å². The minimum atomic E-state index is -0.194. The molecule has 0 amide bonds. The molecule has 3 aromatic rings. The van der Waals surface area contributed by atoms with Gasteiger partial charge in [0.15, 0.2) is 10.8 Å². The first-order chi connectivity index (χ1) is 12.4. The van der Waals surface area contributed by atoms with Gasteiger partial charge in [0.05, 0.1) is 16.9 Å². The first kappa shape index (κ1) is 18.3. The molecule has 3 rings (SSSR count). The molecule has 2 aromatic carbocycles. The number of hydrogen-bond donors (Lipinski definition) is 1. The topological polar surface area (TPSA) is 79.8 Å². The van der Waals surface area contributed by atoms with Gasteiger partial charge >= 0.3 is 0 Å².